The van der Waals surface area contributed by atoms with E-state index in [4.69, 9.17) is 4.42 Å². The number of fused-ring (bicyclic) bond motifs is 1. The van der Waals surface area contributed by atoms with Crippen molar-refractivity contribution in [2.75, 3.05) is 4.90 Å². The molecule has 0 radical (unpaired) electrons. The predicted molar refractivity (Wildman–Crippen MR) is 111 cm³/mol. The number of hydrogen-bond donors (Lipinski definition) is 1. The first-order chi connectivity index (χ1) is 15.5. The van der Waals surface area contributed by atoms with Gasteiger partial charge < -0.3 is 9.52 Å². The summed E-state index contributed by atoms with van der Waals surface area (Å²) in [6.45, 7) is 0. The van der Waals surface area contributed by atoms with Crippen molar-refractivity contribution in [1.29, 1.82) is 0 Å². The average Bonchev–Trinajstić information content (AvgIpc) is 3.34. The highest BCUT2D eigenvalue weighted by atomic mass is 19.1. The number of pyridine rings is 1. The second kappa shape index (κ2) is 7.42. The number of amides is 1. The van der Waals surface area contributed by atoms with Gasteiger partial charge >= 0.3 is 0 Å². The minimum absolute atomic E-state index is 0.0872. The van der Waals surface area contributed by atoms with E-state index in [9.17, 15) is 23.5 Å². The first kappa shape index (κ1) is 19.6. The molecule has 0 spiro atoms. The van der Waals surface area contributed by atoms with E-state index in [2.05, 4.69) is 4.98 Å². The van der Waals surface area contributed by atoms with Gasteiger partial charge in [0.1, 0.15) is 17.2 Å². The van der Waals surface area contributed by atoms with Gasteiger partial charge in [-0.3, -0.25) is 19.5 Å². The van der Waals surface area contributed by atoms with E-state index in [-0.39, 0.29) is 17.0 Å². The predicted octanol–water partition coefficient (Wildman–Crippen LogP) is 4.89. The molecule has 5 rings (SSSR count). The molecule has 2 aromatic carbocycles. The lowest BCUT2D eigenvalue weighted by molar-refractivity contribution is -0.117. The standard InChI is InChI=1S/C24H14F2N2O4/c25-15-7-8-17(16(26)11-15)28-21(14-5-3-9-27-12-14)20(23(30)24(28)31)22(29)19-10-13-4-1-2-6-18(13)32-19/h1-12,21,30H. The second-order valence-corrected chi connectivity index (χ2v) is 7.20. The molecule has 158 valence electrons. The molecule has 1 amide bonds. The molecule has 0 aliphatic carbocycles. The third-order valence-corrected chi connectivity index (χ3v) is 5.27. The average molecular weight is 432 g/mol. The highest BCUT2D eigenvalue weighted by Gasteiger charge is 2.46. The number of carbonyl (C=O) groups is 2. The molecule has 3 heterocycles. The number of ketones is 1. The number of aromatic nitrogens is 1. The number of nitrogens with zero attached hydrogens (tertiary/aromatic N) is 2. The van der Waals surface area contributed by atoms with Crippen LogP contribution in [0.2, 0.25) is 0 Å². The number of aliphatic hydroxyl groups excluding tert-OH is 1. The molecule has 0 saturated carbocycles. The summed E-state index contributed by atoms with van der Waals surface area (Å²) in [7, 11) is 0. The fourth-order valence-electron chi connectivity index (χ4n) is 3.84. The number of aliphatic hydroxyl groups is 1. The highest BCUT2D eigenvalue weighted by molar-refractivity contribution is 6.20. The molecule has 8 heteroatoms. The minimum atomic E-state index is -1.20. The molecule has 0 bridgehead atoms. The van der Waals surface area contributed by atoms with Crippen LogP contribution in [0.4, 0.5) is 14.5 Å². The van der Waals surface area contributed by atoms with Crippen LogP contribution in [0.1, 0.15) is 22.2 Å². The van der Waals surface area contributed by atoms with E-state index in [0.29, 0.717) is 22.6 Å². The maximum absolute atomic E-state index is 14.6. The minimum Gasteiger partial charge on any atom is -0.503 e. The van der Waals surface area contributed by atoms with Crippen LogP contribution in [0, 0.1) is 11.6 Å². The molecule has 4 aromatic rings. The van der Waals surface area contributed by atoms with Crippen LogP contribution < -0.4 is 4.90 Å². The van der Waals surface area contributed by atoms with Gasteiger partial charge in [-0.05, 0) is 35.9 Å². The zero-order chi connectivity index (χ0) is 22.4. The van der Waals surface area contributed by atoms with Crippen molar-refractivity contribution in [2.24, 2.45) is 0 Å². The number of rotatable bonds is 4. The van der Waals surface area contributed by atoms with E-state index in [1.54, 1.807) is 36.4 Å². The summed E-state index contributed by atoms with van der Waals surface area (Å²) in [5.74, 6) is -4.50. The van der Waals surface area contributed by atoms with Crippen molar-refractivity contribution in [3.8, 4) is 0 Å². The van der Waals surface area contributed by atoms with Gasteiger partial charge in [-0.1, -0.05) is 24.3 Å². The number of para-hydroxylation sites is 1. The molecule has 0 fully saturated rings. The van der Waals surface area contributed by atoms with Crippen LogP contribution in [0.15, 0.2) is 88.8 Å². The lowest BCUT2D eigenvalue weighted by Gasteiger charge is -2.26. The fourth-order valence-corrected chi connectivity index (χ4v) is 3.84. The number of furan rings is 1. The molecular formula is C24H14F2N2O4. The van der Waals surface area contributed by atoms with E-state index < -0.39 is 35.1 Å². The normalized spacial score (nSPS) is 16.2. The Bertz CT molecular complexity index is 1380. The Kier molecular flexibility index (Phi) is 4.55. The van der Waals surface area contributed by atoms with Gasteiger partial charge in [-0.2, -0.15) is 0 Å². The Labute approximate surface area is 180 Å². The number of carbonyl (C=O) groups excluding carboxylic acids is 2. The van der Waals surface area contributed by atoms with E-state index >= 15 is 0 Å². The lowest BCUT2D eigenvalue weighted by Crippen LogP contribution is -2.31. The van der Waals surface area contributed by atoms with Gasteiger partial charge in [0.15, 0.2) is 11.5 Å². The molecule has 1 unspecified atom stereocenters. The summed E-state index contributed by atoms with van der Waals surface area (Å²) < 4.78 is 33.7. The van der Waals surface area contributed by atoms with Gasteiger partial charge in [0.25, 0.3) is 5.91 Å². The topological polar surface area (TPSA) is 83.6 Å². The Balaban J connectivity index is 1.67. The van der Waals surface area contributed by atoms with Gasteiger partial charge in [0.05, 0.1) is 17.3 Å². The van der Waals surface area contributed by atoms with Gasteiger partial charge in [-0.15, -0.1) is 0 Å². The Hall–Kier alpha value is -4.33. The summed E-state index contributed by atoms with van der Waals surface area (Å²) in [4.78, 5) is 31.3. The van der Waals surface area contributed by atoms with Crippen molar-refractivity contribution < 1.29 is 27.9 Å². The molecule has 0 saturated heterocycles. The fraction of sp³-hybridized carbons (Fsp3) is 0.0417. The maximum Gasteiger partial charge on any atom is 0.294 e. The molecule has 1 atom stereocenters. The first-order valence-corrected chi connectivity index (χ1v) is 9.60. The number of hydrogen-bond acceptors (Lipinski definition) is 5. The van der Waals surface area contributed by atoms with Crippen molar-refractivity contribution in [2.45, 2.75) is 6.04 Å². The Morgan fingerprint density at radius 2 is 1.88 bits per heavy atom. The third kappa shape index (κ3) is 3.04. The number of benzene rings is 2. The molecule has 1 aliphatic heterocycles. The molecule has 6 nitrogen and oxygen atoms in total. The van der Waals surface area contributed by atoms with Crippen molar-refractivity contribution in [3.63, 3.8) is 0 Å². The zero-order valence-corrected chi connectivity index (χ0v) is 16.3. The van der Waals surface area contributed by atoms with Crippen LogP contribution in [0.3, 0.4) is 0 Å². The summed E-state index contributed by atoms with van der Waals surface area (Å²) >= 11 is 0. The van der Waals surface area contributed by atoms with Gasteiger partial charge in [-0.25, -0.2) is 8.78 Å². The van der Waals surface area contributed by atoms with Crippen LogP contribution in [-0.2, 0) is 4.79 Å². The smallest absolute Gasteiger partial charge is 0.294 e. The largest absolute Gasteiger partial charge is 0.503 e. The summed E-state index contributed by atoms with van der Waals surface area (Å²) in [6, 6.07) is 13.1. The van der Waals surface area contributed by atoms with E-state index in [1.807, 2.05) is 0 Å². The van der Waals surface area contributed by atoms with Crippen LogP contribution in [0.25, 0.3) is 11.0 Å². The maximum atomic E-state index is 14.6. The van der Waals surface area contributed by atoms with Crippen LogP contribution in [0.5, 0.6) is 0 Å². The third-order valence-electron chi connectivity index (χ3n) is 5.27. The van der Waals surface area contributed by atoms with Crippen LogP contribution >= 0.6 is 0 Å². The molecule has 1 N–H and O–H groups in total. The summed E-state index contributed by atoms with van der Waals surface area (Å²) in [6.07, 6.45) is 2.89. The van der Waals surface area contributed by atoms with Crippen molar-refractivity contribution >= 4 is 28.3 Å². The Morgan fingerprint density at radius 3 is 2.59 bits per heavy atom. The van der Waals surface area contributed by atoms with Gasteiger partial charge in [0.2, 0.25) is 5.78 Å². The number of Topliss-reactive ketones (excluding diaryl/α,β-unsaturated/α-hetero) is 1. The molecule has 1 aliphatic rings. The zero-order valence-electron chi connectivity index (χ0n) is 16.3. The molecular weight excluding hydrogens is 418 g/mol. The molecule has 2 aromatic heterocycles. The van der Waals surface area contributed by atoms with Crippen molar-refractivity contribution in [3.05, 3.63) is 107 Å². The van der Waals surface area contributed by atoms with Crippen LogP contribution in [-0.4, -0.2) is 21.8 Å². The van der Waals surface area contributed by atoms with E-state index in [1.165, 1.54) is 18.5 Å². The summed E-state index contributed by atoms with van der Waals surface area (Å²) in [5, 5.41) is 11.3. The van der Waals surface area contributed by atoms with E-state index in [0.717, 1.165) is 17.0 Å². The van der Waals surface area contributed by atoms with Crippen molar-refractivity contribution in [1.82, 2.24) is 4.98 Å². The number of anilines is 1. The molecule has 32 heavy (non-hydrogen) atoms. The monoisotopic (exact) mass is 432 g/mol. The highest BCUT2D eigenvalue weighted by Crippen LogP contribution is 2.42. The SMILES string of the molecule is O=C(C1=C(O)C(=O)N(c2ccc(F)cc2F)C1c1cccnc1)c1cc2ccccc2o1. The Morgan fingerprint density at radius 1 is 1.06 bits per heavy atom. The second-order valence-electron chi connectivity index (χ2n) is 7.20. The first-order valence-electron chi connectivity index (χ1n) is 9.60. The lowest BCUT2D eigenvalue weighted by atomic mass is 9.96. The number of halogens is 2. The van der Waals surface area contributed by atoms with Gasteiger partial charge in [0, 0.05) is 23.8 Å². The summed E-state index contributed by atoms with van der Waals surface area (Å²) in [5.41, 5.74) is 0.239. The quantitative estimate of drug-likeness (QED) is 0.465.